The fraction of sp³-hybridized carbons (Fsp3) is 0.385. The van der Waals surface area contributed by atoms with Crippen LogP contribution in [-0.4, -0.2) is 20.5 Å². The lowest BCUT2D eigenvalue weighted by Gasteiger charge is -2.09. The predicted molar refractivity (Wildman–Crippen MR) is 65.6 cm³/mol. The molecule has 0 bridgehead atoms. The summed E-state index contributed by atoms with van der Waals surface area (Å²) in [5.74, 6) is 0.532. The van der Waals surface area contributed by atoms with Crippen molar-refractivity contribution in [1.82, 2.24) is 15.4 Å². The largest absolute Gasteiger partial charge is 0.386 e. The Morgan fingerprint density at radius 2 is 1.94 bits per heavy atom. The minimum Gasteiger partial charge on any atom is -0.386 e. The van der Waals surface area contributed by atoms with E-state index < -0.39 is 6.10 Å². The number of H-pyrrole nitrogens is 1. The second-order valence-electron chi connectivity index (χ2n) is 4.51. The molecular weight excluding hydrogens is 214 g/mol. The molecule has 0 radical (unpaired) electrons. The molecule has 2 rings (SSSR count). The first-order chi connectivity index (χ1) is 8.16. The molecule has 17 heavy (non-hydrogen) atoms. The van der Waals surface area contributed by atoms with Crippen molar-refractivity contribution in [1.29, 1.82) is 0 Å². The summed E-state index contributed by atoms with van der Waals surface area (Å²) in [6, 6.07) is 8.32. The number of aromatic nitrogens is 3. The van der Waals surface area contributed by atoms with Crippen molar-refractivity contribution in [3.05, 3.63) is 47.3 Å². The summed E-state index contributed by atoms with van der Waals surface area (Å²) >= 11 is 0. The van der Waals surface area contributed by atoms with E-state index in [1.807, 2.05) is 0 Å². The highest BCUT2D eigenvalue weighted by Gasteiger charge is 2.11. The molecule has 0 aliphatic rings. The van der Waals surface area contributed by atoms with Crippen molar-refractivity contribution in [2.75, 3.05) is 0 Å². The molecule has 0 amide bonds. The summed E-state index contributed by atoms with van der Waals surface area (Å²) in [7, 11) is 0. The number of rotatable bonds is 4. The summed E-state index contributed by atoms with van der Waals surface area (Å²) in [6.07, 6.45) is 1.51. The van der Waals surface area contributed by atoms with Gasteiger partial charge in [-0.15, -0.1) is 0 Å². The van der Waals surface area contributed by atoms with Crippen LogP contribution in [-0.2, 0) is 6.42 Å². The fourth-order valence-electron chi connectivity index (χ4n) is 1.74. The van der Waals surface area contributed by atoms with Crippen LogP contribution in [0.2, 0.25) is 0 Å². The van der Waals surface area contributed by atoms with Crippen molar-refractivity contribution < 1.29 is 5.11 Å². The second kappa shape index (κ2) is 5.10. The molecule has 1 aromatic carbocycles. The Bertz CT molecular complexity index is 448. The summed E-state index contributed by atoms with van der Waals surface area (Å²) in [6.45, 7) is 4.33. The zero-order valence-corrected chi connectivity index (χ0v) is 10.1. The van der Waals surface area contributed by atoms with Crippen molar-refractivity contribution in [2.24, 2.45) is 0 Å². The molecule has 0 aliphatic carbocycles. The highest BCUT2D eigenvalue weighted by Crippen LogP contribution is 2.18. The SMILES string of the molecule is CC(C)c1ccc(CC(O)c2cn[nH]n2)cc1. The molecule has 1 heterocycles. The molecule has 0 spiro atoms. The molecule has 1 atom stereocenters. The standard InChI is InChI=1S/C13H17N3O/c1-9(2)11-5-3-10(4-6-11)7-13(17)12-8-14-16-15-12/h3-6,8-9,13,17H,7H2,1-2H3,(H,14,15,16). The highest BCUT2D eigenvalue weighted by molar-refractivity contribution is 5.25. The van der Waals surface area contributed by atoms with Crippen LogP contribution in [0.3, 0.4) is 0 Å². The van der Waals surface area contributed by atoms with Gasteiger partial charge in [-0.2, -0.15) is 15.4 Å². The van der Waals surface area contributed by atoms with E-state index in [2.05, 4.69) is 53.5 Å². The third-order valence-corrected chi connectivity index (χ3v) is 2.85. The Hall–Kier alpha value is -1.68. The molecule has 0 aliphatic heterocycles. The lowest BCUT2D eigenvalue weighted by Crippen LogP contribution is -2.02. The van der Waals surface area contributed by atoms with Gasteiger partial charge in [-0.3, -0.25) is 0 Å². The van der Waals surface area contributed by atoms with Crippen LogP contribution in [0.1, 0.15) is 42.7 Å². The first-order valence-corrected chi connectivity index (χ1v) is 5.79. The smallest absolute Gasteiger partial charge is 0.111 e. The maximum atomic E-state index is 9.92. The van der Waals surface area contributed by atoms with Gasteiger partial charge in [0.05, 0.1) is 6.20 Å². The van der Waals surface area contributed by atoms with E-state index in [-0.39, 0.29) is 0 Å². The first-order valence-electron chi connectivity index (χ1n) is 5.79. The van der Waals surface area contributed by atoms with E-state index in [9.17, 15) is 5.11 Å². The predicted octanol–water partition coefficient (Wildman–Crippen LogP) is 2.20. The van der Waals surface area contributed by atoms with Gasteiger partial charge in [-0.05, 0) is 17.0 Å². The van der Waals surface area contributed by atoms with Crippen molar-refractivity contribution in [2.45, 2.75) is 32.3 Å². The van der Waals surface area contributed by atoms with E-state index >= 15 is 0 Å². The van der Waals surface area contributed by atoms with Gasteiger partial charge < -0.3 is 5.11 Å². The lowest BCUT2D eigenvalue weighted by molar-refractivity contribution is 0.173. The molecule has 0 saturated heterocycles. The Balaban J connectivity index is 2.04. The first kappa shape index (κ1) is 11.8. The monoisotopic (exact) mass is 231 g/mol. The van der Waals surface area contributed by atoms with Crippen LogP contribution in [0.25, 0.3) is 0 Å². The van der Waals surface area contributed by atoms with Crippen LogP contribution in [0.4, 0.5) is 0 Å². The number of aromatic amines is 1. The summed E-state index contributed by atoms with van der Waals surface area (Å²) in [5.41, 5.74) is 2.99. The van der Waals surface area contributed by atoms with E-state index in [1.165, 1.54) is 5.56 Å². The number of aliphatic hydroxyl groups is 1. The van der Waals surface area contributed by atoms with Gasteiger partial charge in [0.15, 0.2) is 0 Å². The molecular formula is C13H17N3O. The third-order valence-electron chi connectivity index (χ3n) is 2.85. The van der Waals surface area contributed by atoms with E-state index in [1.54, 1.807) is 6.20 Å². The van der Waals surface area contributed by atoms with Crippen LogP contribution in [0.5, 0.6) is 0 Å². The average molecular weight is 231 g/mol. The number of hydrogen-bond donors (Lipinski definition) is 2. The Morgan fingerprint density at radius 1 is 1.24 bits per heavy atom. The van der Waals surface area contributed by atoms with Crippen LogP contribution in [0.15, 0.2) is 30.5 Å². The zero-order chi connectivity index (χ0) is 12.3. The van der Waals surface area contributed by atoms with Gasteiger partial charge in [0.25, 0.3) is 0 Å². The van der Waals surface area contributed by atoms with E-state index in [0.717, 1.165) is 5.56 Å². The average Bonchev–Trinajstić information content (AvgIpc) is 2.83. The van der Waals surface area contributed by atoms with Gasteiger partial charge in [0.1, 0.15) is 11.8 Å². The molecule has 0 fully saturated rings. The molecule has 2 aromatic rings. The maximum absolute atomic E-state index is 9.92. The normalized spacial score (nSPS) is 12.9. The number of nitrogens with zero attached hydrogens (tertiary/aromatic N) is 2. The summed E-state index contributed by atoms with van der Waals surface area (Å²) in [4.78, 5) is 0. The number of aliphatic hydroxyl groups excluding tert-OH is 1. The molecule has 1 aromatic heterocycles. The van der Waals surface area contributed by atoms with E-state index in [4.69, 9.17) is 0 Å². The summed E-state index contributed by atoms with van der Waals surface area (Å²) < 4.78 is 0. The molecule has 1 unspecified atom stereocenters. The molecule has 4 heteroatoms. The zero-order valence-electron chi connectivity index (χ0n) is 10.1. The highest BCUT2D eigenvalue weighted by atomic mass is 16.3. The Morgan fingerprint density at radius 3 is 2.47 bits per heavy atom. The number of nitrogens with one attached hydrogen (secondary N) is 1. The van der Waals surface area contributed by atoms with Gasteiger partial charge in [0, 0.05) is 6.42 Å². The second-order valence-corrected chi connectivity index (χ2v) is 4.51. The van der Waals surface area contributed by atoms with Gasteiger partial charge >= 0.3 is 0 Å². The Kier molecular flexibility index (Phi) is 3.54. The van der Waals surface area contributed by atoms with Gasteiger partial charge in [-0.25, -0.2) is 0 Å². The number of benzene rings is 1. The third kappa shape index (κ3) is 2.91. The van der Waals surface area contributed by atoms with Crippen LogP contribution >= 0.6 is 0 Å². The quantitative estimate of drug-likeness (QED) is 0.848. The van der Waals surface area contributed by atoms with Crippen molar-refractivity contribution in [3.8, 4) is 0 Å². The minimum atomic E-state index is -0.598. The summed E-state index contributed by atoms with van der Waals surface area (Å²) in [5, 5.41) is 20.0. The van der Waals surface area contributed by atoms with E-state index in [0.29, 0.717) is 18.0 Å². The maximum Gasteiger partial charge on any atom is 0.111 e. The molecule has 90 valence electrons. The molecule has 2 N–H and O–H groups in total. The Labute approximate surface area is 101 Å². The van der Waals surface area contributed by atoms with Crippen LogP contribution < -0.4 is 0 Å². The van der Waals surface area contributed by atoms with Crippen molar-refractivity contribution in [3.63, 3.8) is 0 Å². The lowest BCUT2D eigenvalue weighted by atomic mass is 9.99. The topological polar surface area (TPSA) is 61.8 Å². The fourth-order valence-corrected chi connectivity index (χ4v) is 1.74. The van der Waals surface area contributed by atoms with Gasteiger partial charge in [0.2, 0.25) is 0 Å². The molecule has 4 nitrogen and oxygen atoms in total. The minimum absolute atomic E-state index is 0.532. The number of hydrogen-bond acceptors (Lipinski definition) is 3. The van der Waals surface area contributed by atoms with Crippen LogP contribution in [0, 0.1) is 0 Å². The van der Waals surface area contributed by atoms with Gasteiger partial charge in [-0.1, -0.05) is 38.1 Å². The molecule has 0 saturated carbocycles. The van der Waals surface area contributed by atoms with Crippen molar-refractivity contribution >= 4 is 0 Å².